The number of amides is 3. The zero-order chi connectivity index (χ0) is 20.1. The summed E-state index contributed by atoms with van der Waals surface area (Å²) in [4.78, 5) is 38.8. The number of hydroxylamine groups is 1. The van der Waals surface area contributed by atoms with Gasteiger partial charge >= 0.3 is 0 Å². The molecule has 0 bridgehead atoms. The molecule has 28 heavy (non-hydrogen) atoms. The summed E-state index contributed by atoms with van der Waals surface area (Å²) < 4.78 is 0. The second-order valence-corrected chi connectivity index (χ2v) is 6.32. The summed E-state index contributed by atoms with van der Waals surface area (Å²) in [5.41, 5.74) is 4.13. The molecule has 0 aliphatic rings. The molecule has 0 saturated carbocycles. The molecule has 8 heteroatoms. The van der Waals surface area contributed by atoms with Crippen LogP contribution in [-0.4, -0.2) is 34.0 Å². The van der Waals surface area contributed by atoms with Crippen molar-refractivity contribution in [1.29, 1.82) is 0 Å². The highest BCUT2D eigenvalue weighted by atomic mass is 16.5. The summed E-state index contributed by atoms with van der Waals surface area (Å²) in [5.74, 6) is -1.33. The molecule has 3 aromatic rings. The highest BCUT2D eigenvalue weighted by Crippen LogP contribution is 2.20. The molecule has 0 unspecified atom stereocenters. The normalized spacial score (nSPS) is 11.6. The number of nitrogens with one attached hydrogen (secondary N) is 4. The molecule has 3 rings (SSSR count). The highest BCUT2D eigenvalue weighted by molar-refractivity contribution is 5.98. The Hall–Kier alpha value is -3.65. The number of H-pyrrole nitrogens is 1. The molecule has 0 aliphatic carbocycles. The van der Waals surface area contributed by atoms with Gasteiger partial charge < -0.3 is 15.6 Å². The van der Waals surface area contributed by atoms with Crippen molar-refractivity contribution in [3.8, 4) is 0 Å². The minimum Gasteiger partial charge on any atom is -0.361 e. The van der Waals surface area contributed by atoms with E-state index in [0.717, 1.165) is 16.5 Å². The van der Waals surface area contributed by atoms with Gasteiger partial charge in [-0.25, -0.2) is 5.48 Å². The SMILES string of the molecule is CC(=O)N[C@@H](Cc1c[nH]c2ccccc12)C(=O)Nc1ccc(C(=O)NO)cc1. The number of carbonyl (C=O) groups excluding carboxylic acids is 3. The first-order chi connectivity index (χ1) is 13.5. The molecule has 0 fully saturated rings. The fourth-order valence-electron chi connectivity index (χ4n) is 2.97. The van der Waals surface area contributed by atoms with Gasteiger partial charge in [0.15, 0.2) is 0 Å². The van der Waals surface area contributed by atoms with Crippen molar-refractivity contribution >= 4 is 34.3 Å². The summed E-state index contributed by atoms with van der Waals surface area (Å²) in [6.07, 6.45) is 2.15. The summed E-state index contributed by atoms with van der Waals surface area (Å²) in [6, 6.07) is 13.0. The number of aromatic nitrogens is 1. The van der Waals surface area contributed by atoms with Crippen LogP contribution in [0.5, 0.6) is 0 Å². The van der Waals surface area contributed by atoms with Crippen molar-refractivity contribution in [2.24, 2.45) is 0 Å². The molecule has 1 atom stereocenters. The van der Waals surface area contributed by atoms with Crippen LogP contribution < -0.4 is 16.1 Å². The molecule has 5 N–H and O–H groups in total. The molecule has 3 amide bonds. The van der Waals surface area contributed by atoms with Gasteiger partial charge in [0.1, 0.15) is 6.04 Å². The summed E-state index contributed by atoms with van der Waals surface area (Å²) in [7, 11) is 0. The first kappa shape index (κ1) is 19.1. The minimum atomic E-state index is -0.767. The van der Waals surface area contributed by atoms with Crippen molar-refractivity contribution in [2.75, 3.05) is 5.32 Å². The zero-order valence-electron chi connectivity index (χ0n) is 15.2. The van der Waals surface area contributed by atoms with E-state index in [1.165, 1.54) is 19.1 Å². The zero-order valence-corrected chi connectivity index (χ0v) is 15.2. The lowest BCUT2D eigenvalue weighted by Crippen LogP contribution is -2.44. The number of benzene rings is 2. The molecule has 0 saturated heterocycles. The van der Waals surface area contributed by atoms with Crippen molar-refractivity contribution < 1.29 is 19.6 Å². The van der Waals surface area contributed by atoms with Crippen LogP contribution >= 0.6 is 0 Å². The fourth-order valence-corrected chi connectivity index (χ4v) is 2.97. The first-order valence-electron chi connectivity index (χ1n) is 8.65. The third kappa shape index (κ3) is 4.36. The van der Waals surface area contributed by atoms with Gasteiger partial charge in [-0.15, -0.1) is 0 Å². The molecule has 0 spiro atoms. The number of para-hydroxylation sites is 1. The number of rotatable bonds is 6. The van der Waals surface area contributed by atoms with E-state index in [2.05, 4.69) is 15.6 Å². The molecule has 0 radical (unpaired) electrons. The van der Waals surface area contributed by atoms with Crippen LogP contribution in [0, 0.1) is 0 Å². The van der Waals surface area contributed by atoms with Crippen molar-refractivity contribution in [1.82, 2.24) is 15.8 Å². The largest absolute Gasteiger partial charge is 0.361 e. The molecule has 8 nitrogen and oxygen atoms in total. The van der Waals surface area contributed by atoms with E-state index in [4.69, 9.17) is 5.21 Å². The summed E-state index contributed by atoms with van der Waals surface area (Å²) in [5, 5.41) is 15.0. The standard InChI is InChI=1S/C20H20N4O4/c1-12(25)22-18(10-14-11-21-17-5-3-2-4-16(14)17)20(27)23-15-8-6-13(7-9-15)19(26)24-28/h2-9,11,18,21,28H,10H2,1H3,(H,22,25)(H,23,27)(H,24,26)/t18-/m0/s1. The van der Waals surface area contributed by atoms with Gasteiger partial charge in [0.2, 0.25) is 11.8 Å². The maximum absolute atomic E-state index is 12.7. The molecular weight excluding hydrogens is 360 g/mol. The van der Waals surface area contributed by atoms with E-state index >= 15 is 0 Å². The van der Waals surface area contributed by atoms with Gasteiger partial charge in [-0.05, 0) is 35.9 Å². The van der Waals surface area contributed by atoms with E-state index in [-0.39, 0.29) is 17.4 Å². The Labute approximate surface area is 160 Å². The molecular formula is C20H20N4O4. The lowest BCUT2D eigenvalue weighted by atomic mass is 10.0. The number of hydrogen-bond donors (Lipinski definition) is 5. The second-order valence-electron chi connectivity index (χ2n) is 6.32. The number of carbonyl (C=O) groups is 3. The maximum Gasteiger partial charge on any atom is 0.274 e. The topological polar surface area (TPSA) is 123 Å². The van der Waals surface area contributed by atoms with Gasteiger partial charge in [0, 0.05) is 41.7 Å². The molecule has 2 aromatic carbocycles. The van der Waals surface area contributed by atoms with Crippen LogP contribution in [-0.2, 0) is 16.0 Å². The molecule has 144 valence electrons. The molecule has 1 heterocycles. The van der Waals surface area contributed by atoms with Crippen LogP contribution in [0.2, 0.25) is 0 Å². The van der Waals surface area contributed by atoms with Crippen LogP contribution in [0.4, 0.5) is 5.69 Å². The lowest BCUT2D eigenvalue weighted by Gasteiger charge is -2.17. The van der Waals surface area contributed by atoms with Crippen LogP contribution in [0.1, 0.15) is 22.8 Å². The average molecular weight is 380 g/mol. The lowest BCUT2D eigenvalue weighted by molar-refractivity contribution is -0.125. The van der Waals surface area contributed by atoms with Gasteiger partial charge in [0.05, 0.1) is 0 Å². The third-order valence-electron chi connectivity index (χ3n) is 4.31. The highest BCUT2D eigenvalue weighted by Gasteiger charge is 2.21. The predicted octanol–water partition coefficient (Wildman–Crippen LogP) is 1.97. The third-order valence-corrected chi connectivity index (χ3v) is 4.31. The van der Waals surface area contributed by atoms with E-state index in [1.54, 1.807) is 17.6 Å². The Morgan fingerprint density at radius 1 is 1.07 bits per heavy atom. The monoisotopic (exact) mass is 380 g/mol. The van der Waals surface area contributed by atoms with Gasteiger partial charge in [-0.3, -0.25) is 19.6 Å². The Bertz CT molecular complexity index is 1010. The fraction of sp³-hybridized carbons (Fsp3) is 0.150. The predicted molar refractivity (Wildman–Crippen MR) is 104 cm³/mol. The number of aromatic amines is 1. The summed E-state index contributed by atoms with van der Waals surface area (Å²) in [6.45, 7) is 1.36. The van der Waals surface area contributed by atoms with Crippen molar-refractivity contribution in [3.05, 3.63) is 65.9 Å². The first-order valence-corrected chi connectivity index (χ1v) is 8.65. The van der Waals surface area contributed by atoms with Crippen molar-refractivity contribution in [2.45, 2.75) is 19.4 Å². The Morgan fingerprint density at radius 2 is 1.79 bits per heavy atom. The Balaban J connectivity index is 1.76. The van der Waals surface area contributed by atoms with E-state index in [1.807, 2.05) is 30.5 Å². The minimum absolute atomic E-state index is 0.248. The van der Waals surface area contributed by atoms with Crippen molar-refractivity contribution in [3.63, 3.8) is 0 Å². The Kier molecular flexibility index (Phi) is 5.71. The van der Waals surface area contributed by atoms with E-state index < -0.39 is 11.9 Å². The smallest absolute Gasteiger partial charge is 0.274 e. The number of hydrogen-bond acceptors (Lipinski definition) is 4. The second kappa shape index (κ2) is 8.36. The quantitative estimate of drug-likeness (QED) is 0.331. The summed E-state index contributed by atoms with van der Waals surface area (Å²) >= 11 is 0. The Morgan fingerprint density at radius 3 is 2.46 bits per heavy atom. The molecule has 1 aromatic heterocycles. The van der Waals surface area contributed by atoms with Gasteiger partial charge in [0.25, 0.3) is 5.91 Å². The van der Waals surface area contributed by atoms with Crippen LogP contribution in [0.15, 0.2) is 54.7 Å². The molecule has 0 aliphatic heterocycles. The number of fused-ring (bicyclic) bond motifs is 1. The number of anilines is 1. The van der Waals surface area contributed by atoms with Gasteiger partial charge in [-0.1, -0.05) is 18.2 Å². The van der Waals surface area contributed by atoms with E-state index in [0.29, 0.717) is 12.1 Å². The van der Waals surface area contributed by atoms with Gasteiger partial charge in [-0.2, -0.15) is 0 Å². The average Bonchev–Trinajstić information content (AvgIpc) is 3.10. The van der Waals surface area contributed by atoms with Crippen LogP contribution in [0.3, 0.4) is 0 Å². The van der Waals surface area contributed by atoms with Crippen LogP contribution in [0.25, 0.3) is 10.9 Å². The van der Waals surface area contributed by atoms with E-state index in [9.17, 15) is 14.4 Å². The maximum atomic E-state index is 12.7.